The minimum Gasteiger partial charge on any atom is -0.478 e. The Kier molecular flexibility index (Phi) is 4.78. The fourth-order valence-corrected chi connectivity index (χ4v) is 4.53. The molecule has 1 N–H and O–H groups in total. The van der Waals surface area contributed by atoms with Gasteiger partial charge < -0.3 is 5.11 Å². The van der Waals surface area contributed by atoms with Crippen LogP contribution in [0.3, 0.4) is 0 Å². The number of fused-ring (bicyclic) bond motifs is 1. The van der Waals surface area contributed by atoms with Crippen LogP contribution in [0.15, 0.2) is 66.1 Å². The minimum absolute atomic E-state index is 0.105. The summed E-state index contributed by atoms with van der Waals surface area (Å²) < 4.78 is 0. The molecular weight excluding hydrogens is 364 g/mol. The molecule has 0 amide bonds. The van der Waals surface area contributed by atoms with Gasteiger partial charge in [-0.1, -0.05) is 68.5 Å². The van der Waals surface area contributed by atoms with Crippen LogP contribution in [-0.2, 0) is 5.41 Å². The van der Waals surface area contributed by atoms with Gasteiger partial charge >= 0.3 is 5.97 Å². The van der Waals surface area contributed by atoms with E-state index in [-0.39, 0.29) is 5.41 Å². The number of hydrogen-bond donors (Lipinski definition) is 1. The third-order valence-electron chi connectivity index (χ3n) is 5.31. The van der Waals surface area contributed by atoms with E-state index in [0.717, 1.165) is 12.0 Å². The van der Waals surface area contributed by atoms with Crippen molar-refractivity contribution in [1.82, 2.24) is 0 Å². The number of hydrogen-bond acceptors (Lipinski definition) is 2. The highest BCUT2D eigenvalue weighted by Crippen LogP contribution is 2.42. The first kappa shape index (κ1) is 18.5. The van der Waals surface area contributed by atoms with Crippen LogP contribution < -0.4 is 0 Å². The molecule has 0 fully saturated rings. The van der Waals surface area contributed by atoms with E-state index >= 15 is 0 Å². The number of aromatic carboxylic acids is 1. The zero-order valence-electron chi connectivity index (χ0n) is 16.0. The number of carbonyl (C=O) groups is 1. The number of thiophene rings is 1. The zero-order chi connectivity index (χ0) is 19.7. The average Bonchev–Trinajstić information content (AvgIpc) is 3.21. The first-order valence-electron chi connectivity index (χ1n) is 9.35. The molecule has 0 bridgehead atoms. The van der Waals surface area contributed by atoms with Crippen LogP contribution in [0, 0.1) is 0 Å². The molecule has 2 nitrogen and oxygen atoms in total. The number of carboxylic acids is 1. The molecule has 0 saturated heterocycles. The SMILES string of the molecule is CC1(C)CC=C(c2cccs2)c2cc(C=Cc3ccccc3C(=O)O)ccc21. The lowest BCUT2D eigenvalue weighted by atomic mass is 9.73. The van der Waals surface area contributed by atoms with Crippen molar-refractivity contribution in [2.24, 2.45) is 0 Å². The maximum Gasteiger partial charge on any atom is 0.336 e. The summed E-state index contributed by atoms with van der Waals surface area (Å²) in [6, 6.07) is 17.9. The summed E-state index contributed by atoms with van der Waals surface area (Å²) in [6.07, 6.45) is 7.25. The van der Waals surface area contributed by atoms with Crippen LogP contribution >= 0.6 is 11.3 Å². The molecule has 1 aromatic heterocycles. The Labute approximate surface area is 169 Å². The van der Waals surface area contributed by atoms with Crippen molar-refractivity contribution in [3.05, 3.63) is 98.7 Å². The molecule has 3 aromatic rings. The highest BCUT2D eigenvalue weighted by atomic mass is 32.1. The van der Waals surface area contributed by atoms with Gasteiger partial charge in [-0.2, -0.15) is 0 Å². The summed E-state index contributed by atoms with van der Waals surface area (Å²) in [4.78, 5) is 12.7. The van der Waals surface area contributed by atoms with Gasteiger partial charge in [-0.05, 0) is 63.2 Å². The van der Waals surface area contributed by atoms with Gasteiger partial charge in [0.25, 0.3) is 0 Å². The van der Waals surface area contributed by atoms with Gasteiger partial charge in [0.15, 0.2) is 0 Å². The number of carboxylic acid groups (broad SMARTS) is 1. The Morgan fingerprint density at radius 1 is 1.07 bits per heavy atom. The smallest absolute Gasteiger partial charge is 0.336 e. The third kappa shape index (κ3) is 3.46. The summed E-state index contributed by atoms with van der Waals surface area (Å²) >= 11 is 1.76. The zero-order valence-corrected chi connectivity index (χ0v) is 16.8. The summed E-state index contributed by atoms with van der Waals surface area (Å²) in [7, 11) is 0. The van der Waals surface area contributed by atoms with Gasteiger partial charge in [-0.3, -0.25) is 0 Å². The highest BCUT2D eigenvalue weighted by Gasteiger charge is 2.28. The molecule has 0 spiro atoms. The van der Waals surface area contributed by atoms with Crippen molar-refractivity contribution in [3.63, 3.8) is 0 Å². The summed E-state index contributed by atoms with van der Waals surface area (Å²) in [5.41, 5.74) is 6.13. The molecule has 0 radical (unpaired) electrons. The van der Waals surface area contributed by atoms with Crippen molar-refractivity contribution in [2.45, 2.75) is 25.7 Å². The van der Waals surface area contributed by atoms with E-state index in [9.17, 15) is 9.90 Å². The van der Waals surface area contributed by atoms with E-state index in [2.05, 4.69) is 55.6 Å². The number of benzene rings is 2. The van der Waals surface area contributed by atoms with Crippen LogP contribution in [0.4, 0.5) is 0 Å². The van der Waals surface area contributed by atoms with Gasteiger partial charge in [-0.15, -0.1) is 11.3 Å². The molecule has 0 unspecified atom stereocenters. The van der Waals surface area contributed by atoms with Crippen molar-refractivity contribution in [1.29, 1.82) is 0 Å². The van der Waals surface area contributed by atoms with Crippen molar-refractivity contribution < 1.29 is 9.90 Å². The Balaban J connectivity index is 1.75. The fraction of sp³-hybridized carbons (Fsp3) is 0.160. The van der Waals surface area contributed by atoms with Gasteiger partial charge in [0, 0.05) is 4.88 Å². The van der Waals surface area contributed by atoms with Gasteiger partial charge in [0.2, 0.25) is 0 Å². The Morgan fingerprint density at radius 3 is 2.64 bits per heavy atom. The van der Waals surface area contributed by atoms with Gasteiger partial charge in [0.1, 0.15) is 0 Å². The molecule has 1 aliphatic carbocycles. The Morgan fingerprint density at radius 2 is 1.89 bits per heavy atom. The second kappa shape index (κ2) is 7.25. The molecule has 4 rings (SSSR count). The highest BCUT2D eigenvalue weighted by molar-refractivity contribution is 7.11. The maximum atomic E-state index is 11.4. The monoisotopic (exact) mass is 386 g/mol. The standard InChI is InChI=1S/C25H22O2S/c1-25(2)14-13-20(23-8-5-15-28-23)21-16-17(10-12-22(21)25)9-11-18-6-3-4-7-19(18)24(26)27/h3-13,15-16H,14H2,1-2H3,(H,26,27). The molecule has 140 valence electrons. The largest absolute Gasteiger partial charge is 0.478 e. The van der Waals surface area contributed by atoms with Crippen molar-refractivity contribution >= 4 is 35.0 Å². The maximum absolute atomic E-state index is 11.4. The Bertz CT molecular complexity index is 1090. The van der Waals surface area contributed by atoms with Crippen LogP contribution in [0.25, 0.3) is 17.7 Å². The lowest BCUT2D eigenvalue weighted by Crippen LogP contribution is -2.21. The van der Waals surface area contributed by atoms with E-state index in [1.54, 1.807) is 23.5 Å². The van der Waals surface area contributed by atoms with E-state index < -0.39 is 5.97 Å². The molecule has 0 aliphatic heterocycles. The molecule has 0 saturated carbocycles. The molecule has 28 heavy (non-hydrogen) atoms. The van der Waals surface area contributed by atoms with E-state index in [4.69, 9.17) is 0 Å². The molecule has 3 heteroatoms. The van der Waals surface area contributed by atoms with E-state index in [1.165, 1.54) is 21.6 Å². The first-order valence-corrected chi connectivity index (χ1v) is 10.2. The minimum atomic E-state index is -0.907. The summed E-state index contributed by atoms with van der Waals surface area (Å²) in [5, 5.41) is 11.5. The topological polar surface area (TPSA) is 37.3 Å². The molecule has 1 heterocycles. The van der Waals surface area contributed by atoms with Crippen molar-refractivity contribution in [3.8, 4) is 0 Å². The lowest BCUT2D eigenvalue weighted by molar-refractivity contribution is 0.0696. The van der Waals surface area contributed by atoms with Gasteiger partial charge in [-0.25, -0.2) is 4.79 Å². The number of allylic oxidation sites excluding steroid dienone is 1. The second-order valence-electron chi connectivity index (χ2n) is 7.71. The quantitative estimate of drug-likeness (QED) is 0.505. The lowest BCUT2D eigenvalue weighted by Gasteiger charge is -2.32. The van der Waals surface area contributed by atoms with E-state index in [0.29, 0.717) is 11.1 Å². The van der Waals surface area contributed by atoms with Crippen LogP contribution in [-0.4, -0.2) is 11.1 Å². The van der Waals surface area contributed by atoms with Gasteiger partial charge in [0.05, 0.1) is 5.56 Å². The molecule has 0 atom stereocenters. The molecular formula is C25H22O2S. The average molecular weight is 387 g/mol. The first-order chi connectivity index (χ1) is 13.5. The summed E-state index contributed by atoms with van der Waals surface area (Å²) in [5.74, 6) is -0.907. The number of rotatable bonds is 4. The predicted octanol–water partition coefficient (Wildman–Crippen LogP) is 6.73. The molecule has 1 aliphatic rings. The molecule has 2 aromatic carbocycles. The normalized spacial score (nSPS) is 15.3. The van der Waals surface area contributed by atoms with Crippen LogP contribution in [0.1, 0.15) is 57.8 Å². The third-order valence-corrected chi connectivity index (χ3v) is 6.22. The van der Waals surface area contributed by atoms with Crippen molar-refractivity contribution in [2.75, 3.05) is 0 Å². The summed E-state index contributed by atoms with van der Waals surface area (Å²) in [6.45, 7) is 4.57. The second-order valence-corrected chi connectivity index (χ2v) is 8.66. The van der Waals surface area contributed by atoms with Crippen LogP contribution in [0.5, 0.6) is 0 Å². The Hall–Kier alpha value is -2.91. The fourth-order valence-electron chi connectivity index (χ4n) is 3.74. The van der Waals surface area contributed by atoms with Crippen LogP contribution in [0.2, 0.25) is 0 Å². The van der Waals surface area contributed by atoms with E-state index in [1.807, 2.05) is 24.3 Å². The predicted molar refractivity (Wildman–Crippen MR) is 118 cm³/mol.